The fourth-order valence-electron chi connectivity index (χ4n) is 3.84. The zero-order valence-corrected chi connectivity index (χ0v) is 19.9. The van der Waals surface area contributed by atoms with Gasteiger partial charge in [0.2, 0.25) is 6.79 Å². The number of carbonyl (C=O) groups excluding carboxylic acids is 2. The first kappa shape index (κ1) is 23.2. The number of nitrogens with zero attached hydrogens (tertiary/aromatic N) is 1. The van der Waals surface area contributed by atoms with Crippen LogP contribution in [0.1, 0.15) is 22.8 Å². The molecule has 0 saturated heterocycles. The van der Waals surface area contributed by atoms with Gasteiger partial charge in [0.05, 0.1) is 23.4 Å². The Balaban J connectivity index is 1.43. The fraction of sp³-hybridized carbons (Fsp3) is 0.179. The predicted octanol–water partition coefficient (Wildman–Crippen LogP) is 5.13. The topological polar surface area (TPSA) is 96.0 Å². The molecule has 1 aliphatic rings. The summed E-state index contributed by atoms with van der Waals surface area (Å²) >= 11 is 0. The second-order valence-corrected chi connectivity index (χ2v) is 8.23. The van der Waals surface area contributed by atoms with E-state index in [0.29, 0.717) is 45.1 Å². The number of fused-ring (bicyclic) bond motifs is 2. The summed E-state index contributed by atoms with van der Waals surface area (Å²) in [5.74, 6) is 0.852. The average molecular weight is 485 g/mol. The Morgan fingerprint density at radius 1 is 0.972 bits per heavy atom. The maximum Gasteiger partial charge on any atom is 0.338 e. The highest BCUT2D eigenvalue weighted by molar-refractivity contribution is 5.97. The third-order valence-electron chi connectivity index (χ3n) is 5.64. The van der Waals surface area contributed by atoms with Gasteiger partial charge in [-0.15, -0.1) is 0 Å². The van der Waals surface area contributed by atoms with E-state index >= 15 is 0 Å². The van der Waals surface area contributed by atoms with Crippen molar-refractivity contribution in [3.8, 4) is 28.5 Å². The molecule has 1 amide bonds. The van der Waals surface area contributed by atoms with E-state index < -0.39 is 5.97 Å². The van der Waals surface area contributed by atoms with E-state index in [0.717, 1.165) is 11.1 Å². The first-order chi connectivity index (χ1) is 17.5. The Kier molecular flexibility index (Phi) is 6.40. The number of hydrogen-bond acceptors (Lipinski definition) is 7. The van der Waals surface area contributed by atoms with Gasteiger partial charge in [0, 0.05) is 28.8 Å². The van der Waals surface area contributed by atoms with Crippen LogP contribution in [0.2, 0.25) is 0 Å². The van der Waals surface area contributed by atoms with Gasteiger partial charge in [0.15, 0.2) is 18.1 Å². The highest BCUT2D eigenvalue weighted by Gasteiger charge is 2.16. The monoisotopic (exact) mass is 484 g/mol. The number of nitrogens with one attached hydrogen (secondary N) is 1. The van der Waals surface area contributed by atoms with Crippen LogP contribution in [-0.4, -0.2) is 36.9 Å². The lowest BCUT2D eigenvalue weighted by Crippen LogP contribution is -2.20. The number of pyridine rings is 1. The van der Waals surface area contributed by atoms with Crippen LogP contribution in [0.25, 0.3) is 22.2 Å². The van der Waals surface area contributed by atoms with Gasteiger partial charge in [-0.05, 0) is 44.2 Å². The standard InChI is InChI=1S/C28H24N2O6/c1-3-33-28(32)19-8-10-22-21(12-19)25(14-23(30-22)18-6-4-17(2)5-7-18)34-15-27(31)29-20-9-11-24-26(13-20)36-16-35-24/h4-14H,3,15-16H2,1-2H3,(H,29,31). The van der Waals surface area contributed by atoms with Crippen LogP contribution in [-0.2, 0) is 9.53 Å². The molecule has 4 aromatic rings. The van der Waals surface area contributed by atoms with Crippen molar-refractivity contribution in [1.82, 2.24) is 4.98 Å². The molecule has 5 rings (SSSR count). The summed E-state index contributed by atoms with van der Waals surface area (Å²) < 4.78 is 21.8. The van der Waals surface area contributed by atoms with Crippen LogP contribution >= 0.6 is 0 Å². The van der Waals surface area contributed by atoms with Gasteiger partial charge < -0.3 is 24.3 Å². The van der Waals surface area contributed by atoms with Gasteiger partial charge in [-0.25, -0.2) is 9.78 Å². The molecule has 36 heavy (non-hydrogen) atoms. The van der Waals surface area contributed by atoms with Crippen molar-refractivity contribution < 1.29 is 28.5 Å². The first-order valence-corrected chi connectivity index (χ1v) is 11.5. The van der Waals surface area contributed by atoms with Gasteiger partial charge in [-0.3, -0.25) is 4.79 Å². The number of hydrogen-bond donors (Lipinski definition) is 1. The molecule has 8 heteroatoms. The summed E-state index contributed by atoms with van der Waals surface area (Å²) in [6, 6.07) is 20.0. The zero-order valence-electron chi connectivity index (χ0n) is 19.9. The maximum atomic E-state index is 12.7. The molecule has 0 aliphatic carbocycles. The Labute approximate surface area is 207 Å². The van der Waals surface area contributed by atoms with E-state index in [4.69, 9.17) is 23.9 Å². The smallest absolute Gasteiger partial charge is 0.338 e. The molecule has 0 atom stereocenters. The summed E-state index contributed by atoms with van der Waals surface area (Å²) in [6.45, 7) is 3.95. The summed E-state index contributed by atoms with van der Waals surface area (Å²) in [5.41, 5.74) is 4.31. The highest BCUT2D eigenvalue weighted by atomic mass is 16.7. The minimum atomic E-state index is -0.437. The summed E-state index contributed by atoms with van der Waals surface area (Å²) in [6.07, 6.45) is 0. The molecule has 3 aromatic carbocycles. The van der Waals surface area contributed by atoms with E-state index in [1.807, 2.05) is 31.2 Å². The Morgan fingerprint density at radius 3 is 2.58 bits per heavy atom. The van der Waals surface area contributed by atoms with Crippen LogP contribution in [0, 0.1) is 6.92 Å². The lowest BCUT2D eigenvalue weighted by molar-refractivity contribution is -0.118. The molecule has 0 saturated carbocycles. The summed E-state index contributed by atoms with van der Waals surface area (Å²) in [4.78, 5) is 29.7. The van der Waals surface area contributed by atoms with Crippen molar-refractivity contribution in [2.45, 2.75) is 13.8 Å². The number of aromatic nitrogens is 1. The molecule has 1 aliphatic heterocycles. The Hall–Kier alpha value is -4.59. The number of esters is 1. The van der Waals surface area contributed by atoms with Crippen LogP contribution in [0.5, 0.6) is 17.2 Å². The highest BCUT2D eigenvalue weighted by Crippen LogP contribution is 2.34. The quantitative estimate of drug-likeness (QED) is 0.363. The molecule has 0 radical (unpaired) electrons. The van der Waals surface area contributed by atoms with Crippen LogP contribution in [0.3, 0.4) is 0 Å². The van der Waals surface area contributed by atoms with Gasteiger partial charge in [0.25, 0.3) is 5.91 Å². The maximum absolute atomic E-state index is 12.7. The van der Waals surface area contributed by atoms with E-state index in [2.05, 4.69) is 5.32 Å². The molecular formula is C28H24N2O6. The Bertz CT molecular complexity index is 1450. The molecule has 8 nitrogen and oxygen atoms in total. The SMILES string of the molecule is CCOC(=O)c1ccc2nc(-c3ccc(C)cc3)cc(OCC(=O)Nc3ccc4c(c3)OCO4)c2c1. The molecule has 1 N–H and O–H groups in total. The zero-order chi connectivity index (χ0) is 25.1. The third-order valence-corrected chi connectivity index (χ3v) is 5.64. The number of anilines is 1. The van der Waals surface area contributed by atoms with Crippen molar-refractivity contribution in [2.24, 2.45) is 0 Å². The number of rotatable bonds is 7. The molecule has 2 heterocycles. The largest absolute Gasteiger partial charge is 0.483 e. The number of amides is 1. The Morgan fingerprint density at radius 2 is 1.78 bits per heavy atom. The van der Waals surface area contributed by atoms with Crippen molar-refractivity contribution in [2.75, 3.05) is 25.3 Å². The van der Waals surface area contributed by atoms with Crippen molar-refractivity contribution in [3.05, 3.63) is 77.9 Å². The van der Waals surface area contributed by atoms with Crippen LogP contribution < -0.4 is 19.5 Å². The van der Waals surface area contributed by atoms with Gasteiger partial charge in [-0.2, -0.15) is 0 Å². The second-order valence-electron chi connectivity index (χ2n) is 8.23. The van der Waals surface area contributed by atoms with E-state index in [1.165, 1.54) is 0 Å². The minimum Gasteiger partial charge on any atom is -0.483 e. The molecule has 0 bridgehead atoms. The lowest BCUT2D eigenvalue weighted by Gasteiger charge is -2.13. The molecule has 0 spiro atoms. The van der Waals surface area contributed by atoms with E-state index in [1.54, 1.807) is 49.4 Å². The first-order valence-electron chi connectivity index (χ1n) is 11.5. The molecule has 182 valence electrons. The van der Waals surface area contributed by atoms with Gasteiger partial charge >= 0.3 is 5.97 Å². The summed E-state index contributed by atoms with van der Waals surface area (Å²) in [5, 5.41) is 3.40. The van der Waals surface area contributed by atoms with Crippen molar-refractivity contribution in [1.29, 1.82) is 0 Å². The average Bonchev–Trinajstić information content (AvgIpc) is 3.35. The normalized spacial score (nSPS) is 11.8. The van der Waals surface area contributed by atoms with Gasteiger partial charge in [0.1, 0.15) is 5.75 Å². The van der Waals surface area contributed by atoms with Crippen LogP contribution in [0.15, 0.2) is 66.7 Å². The fourth-order valence-corrected chi connectivity index (χ4v) is 3.84. The number of carbonyl (C=O) groups is 2. The van der Waals surface area contributed by atoms with Gasteiger partial charge in [-0.1, -0.05) is 29.8 Å². The number of benzene rings is 3. The number of aryl methyl sites for hydroxylation is 1. The molecule has 0 fully saturated rings. The molecule has 1 aromatic heterocycles. The van der Waals surface area contributed by atoms with Crippen molar-refractivity contribution in [3.63, 3.8) is 0 Å². The van der Waals surface area contributed by atoms with Crippen LogP contribution in [0.4, 0.5) is 5.69 Å². The van der Waals surface area contributed by atoms with E-state index in [9.17, 15) is 9.59 Å². The van der Waals surface area contributed by atoms with E-state index in [-0.39, 0.29) is 25.9 Å². The molecular weight excluding hydrogens is 460 g/mol. The second kappa shape index (κ2) is 9.95. The minimum absolute atomic E-state index is 0.155. The predicted molar refractivity (Wildman–Crippen MR) is 135 cm³/mol. The number of ether oxygens (including phenoxy) is 4. The lowest BCUT2D eigenvalue weighted by atomic mass is 10.1. The van der Waals surface area contributed by atoms with Crippen molar-refractivity contribution >= 4 is 28.5 Å². The summed E-state index contributed by atoms with van der Waals surface area (Å²) in [7, 11) is 0. The third kappa shape index (κ3) is 4.93. The molecule has 0 unspecified atom stereocenters.